The van der Waals surface area contributed by atoms with Crippen LogP contribution >= 0.6 is 0 Å². The summed E-state index contributed by atoms with van der Waals surface area (Å²) < 4.78 is 56.2. The van der Waals surface area contributed by atoms with E-state index in [9.17, 15) is 22.2 Å². The molecule has 0 saturated carbocycles. The van der Waals surface area contributed by atoms with Crippen LogP contribution in [0, 0.1) is 11.6 Å². The van der Waals surface area contributed by atoms with Crippen LogP contribution in [0.15, 0.2) is 59.8 Å². The van der Waals surface area contributed by atoms with Crippen molar-refractivity contribution in [2.75, 3.05) is 6.54 Å². The molecule has 10 heteroatoms. The smallest absolute Gasteiger partial charge is 0.238 e. The minimum absolute atomic E-state index is 0.00391. The standard InChI is InChI=1S/C25H25F3N4O2S/c1-25(2,28)24-30-14-17(15-31-24)20-12-16(5-10-21(20)27)13-29-23(33)22-4-3-11-32(22)35(34)19-8-6-18(26)7-9-19/h5-10,12,14-15,22H,3-4,11,13H2,1-2H3,(H,29,33)/t22-,35?/m0/s1. The monoisotopic (exact) mass is 502 g/mol. The molecular formula is C25H25F3N4O2S. The maximum absolute atomic E-state index is 14.5. The van der Waals surface area contributed by atoms with Crippen LogP contribution in [0.4, 0.5) is 13.2 Å². The van der Waals surface area contributed by atoms with Gasteiger partial charge in [0.2, 0.25) is 5.91 Å². The first-order valence-corrected chi connectivity index (χ1v) is 12.3. The number of nitrogens with one attached hydrogen (secondary N) is 1. The van der Waals surface area contributed by atoms with E-state index in [2.05, 4.69) is 15.3 Å². The largest absolute Gasteiger partial charge is 0.351 e. The average Bonchev–Trinajstić information content (AvgIpc) is 3.33. The summed E-state index contributed by atoms with van der Waals surface area (Å²) in [5, 5.41) is 2.84. The second-order valence-corrected chi connectivity index (χ2v) is 10.2. The first-order chi connectivity index (χ1) is 16.6. The van der Waals surface area contributed by atoms with Crippen molar-refractivity contribution < 1.29 is 22.2 Å². The SMILES string of the molecule is CC(C)(F)c1ncc(-c2cc(CNC(=O)[C@@H]3CCCN3S(=O)c3ccc(F)cc3)ccc2F)cn1. The highest BCUT2D eigenvalue weighted by Crippen LogP contribution is 2.27. The van der Waals surface area contributed by atoms with Gasteiger partial charge in [-0.05, 0) is 68.7 Å². The molecule has 0 spiro atoms. The summed E-state index contributed by atoms with van der Waals surface area (Å²) in [5.74, 6) is -1.20. The van der Waals surface area contributed by atoms with E-state index < -0.39 is 34.3 Å². The van der Waals surface area contributed by atoms with E-state index in [0.717, 1.165) is 0 Å². The molecule has 1 N–H and O–H groups in total. The second kappa shape index (κ2) is 10.2. The Kier molecular flexibility index (Phi) is 7.32. The normalized spacial score (nSPS) is 17.3. The van der Waals surface area contributed by atoms with Crippen molar-refractivity contribution in [2.45, 2.75) is 49.8 Å². The number of hydrogen-bond acceptors (Lipinski definition) is 4. The Morgan fingerprint density at radius 2 is 1.83 bits per heavy atom. The van der Waals surface area contributed by atoms with Crippen LogP contribution in [0.5, 0.6) is 0 Å². The first-order valence-electron chi connectivity index (χ1n) is 11.2. The maximum atomic E-state index is 14.5. The highest BCUT2D eigenvalue weighted by Gasteiger charge is 2.34. The predicted octanol–water partition coefficient (Wildman–Crippen LogP) is 4.43. The molecular weight excluding hydrogens is 477 g/mol. The Bertz CT molecular complexity index is 1230. The average molecular weight is 503 g/mol. The van der Waals surface area contributed by atoms with Gasteiger partial charge in [-0.3, -0.25) is 4.79 Å². The highest BCUT2D eigenvalue weighted by molar-refractivity contribution is 7.82. The Morgan fingerprint density at radius 1 is 1.14 bits per heavy atom. The van der Waals surface area contributed by atoms with Crippen LogP contribution in [-0.2, 0) is 28.0 Å². The number of halogens is 3. The number of hydrogen-bond donors (Lipinski definition) is 1. The lowest BCUT2D eigenvalue weighted by Crippen LogP contribution is -2.43. The molecule has 1 fully saturated rings. The van der Waals surface area contributed by atoms with Gasteiger partial charge >= 0.3 is 0 Å². The van der Waals surface area contributed by atoms with Crippen molar-refractivity contribution in [3.05, 3.63) is 77.9 Å². The summed E-state index contributed by atoms with van der Waals surface area (Å²) in [6.45, 7) is 3.30. The molecule has 6 nitrogen and oxygen atoms in total. The summed E-state index contributed by atoms with van der Waals surface area (Å²) in [7, 11) is -1.59. The van der Waals surface area contributed by atoms with E-state index in [1.807, 2.05) is 0 Å². The fraction of sp³-hybridized carbons (Fsp3) is 0.320. The highest BCUT2D eigenvalue weighted by atomic mass is 32.2. The fourth-order valence-corrected chi connectivity index (χ4v) is 5.24. The summed E-state index contributed by atoms with van der Waals surface area (Å²) >= 11 is 0. The molecule has 1 aliphatic rings. The Balaban J connectivity index is 1.44. The predicted molar refractivity (Wildman–Crippen MR) is 126 cm³/mol. The van der Waals surface area contributed by atoms with Crippen molar-refractivity contribution in [3.63, 3.8) is 0 Å². The minimum Gasteiger partial charge on any atom is -0.351 e. The van der Waals surface area contributed by atoms with Crippen LogP contribution in [0.3, 0.4) is 0 Å². The van der Waals surface area contributed by atoms with Gasteiger partial charge in [-0.15, -0.1) is 0 Å². The molecule has 1 aliphatic heterocycles. The summed E-state index contributed by atoms with van der Waals surface area (Å²) in [4.78, 5) is 21.3. The third kappa shape index (κ3) is 5.76. The lowest BCUT2D eigenvalue weighted by atomic mass is 10.0. The summed E-state index contributed by atoms with van der Waals surface area (Å²) in [5.41, 5.74) is -0.438. The molecule has 2 aromatic carbocycles. The molecule has 4 rings (SSSR count). The van der Waals surface area contributed by atoms with Crippen LogP contribution in [-0.4, -0.2) is 37.0 Å². The Morgan fingerprint density at radius 3 is 2.49 bits per heavy atom. The zero-order valence-corrected chi connectivity index (χ0v) is 20.1. The van der Waals surface area contributed by atoms with Crippen molar-refractivity contribution in [1.29, 1.82) is 0 Å². The second-order valence-electron chi connectivity index (χ2n) is 8.80. The van der Waals surface area contributed by atoms with E-state index in [1.165, 1.54) is 56.6 Å². The van der Waals surface area contributed by atoms with E-state index in [0.29, 0.717) is 35.4 Å². The minimum atomic E-state index is -1.71. The number of carbonyl (C=O) groups is 1. The fourth-order valence-electron chi connectivity index (χ4n) is 3.87. The molecule has 35 heavy (non-hydrogen) atoms. The van der Waals surface area contributed by atoms with Gasteiger partial charge in [0.25, 0.3) is 0 Å². The molecule has 0 radical (unpaired) electrons. The third-order valence-corrected chi connectivity index (χ3v) is 7.27. The molecule has 184 valence electrons. The molecule has 3 aromatic rings. The molecule has 1 amide bonds. The van der Waals surface area contributed by atoms with E-state index in [4.69, 9.17) is 0 Å². The quantitative estimate of drug-likeness (QED) is 0.519. The zero-order valence-electron chi connectivity index (χ0n) is 19.3. The van der Waals surface area contributed by atoms with Crippen LogP contribution in [0.2, 0.25) is 0 Å². The number of amides is 1. The van der Waals surface area contributed by atoms with Gasteiger partial charge in [0, 0.05) is 36.6 Å². The molecule has 1 saturated heterocycles. The molecule has 0 bridgehead atoms. The summed E-state index contributed by atoms with van der Waals surface area (Å²) in [6.07, 6.45) is 3.98. The number of nitrogens with zero attached hydrogens (tertiary/aromatic N) is 3. The molecule has 0 aliphatic carbocycles. The van der Waals surface area contributed by atoms with E-state index in [1.54, 1.807) is 16.4 Å². The number of benzene rings is 2. The molecule has 2 atom stereocenters. The van der Waals surface area contributed by atoms with Crippen LogP contribution in [0.25, 0.3) is 11.1 Å². The first kappa shape index (κ1) is 25.0. The summed E-state index contributed by atoms with van der Waals surface area (Å²) in [6, 6.07) is 9.21. The molecule has 1 unspecified atom stereocenters. The number of carbonyl (C=O) groups excluding carboxylic acids is 1. The Labute approximate surface area is 204 Å². The van der Waals surface area contributed by atoms with Crippen molar-refractivity contribution in [3.8, 4) is 11.1 Å². The zero-order chi connectivity index (χ0) is 25.2. The van der Waals surface area contributed by atoms with Gasteiger partial charge < -0.3 is 5.32 Å². The van der Waals surface area contributed by atoms with Gasteiger partial charge in [-0.25, -0.2) is 31.7 Å². The maximum Gasteiger partial charge on any atom is 0.238 e. The topological polar surface area (TPSA) is 75.2 Å². The van der Waals surface area contributed by atoms with Crippen molar-refractivity contribution in [2.24, 2.45) is 0 Å². The molecule has 1 aromatic heterocycles. The van der Waals surface area contributed by atoms with Gasteiger partial charge in [-0.1, -0.05) is 6.07 Å². The van der Waals surface area contributed by atoms with Crippen LogP contribution in [0.1, 0.15) is 38.1 Å². The van der Waals surface area contributed by atoms with Crippen LogP contribution < -0.4 is 5.32 Å². The van der Waals surface area contributed by atoms with Gasteiger partial charge in [0.1, 0.15) is 28.7 Å². The lowest BCUT2D eigenvalue weighted by molar-refractivity contribution is -0.124. The molecule has 2 heterocycles. The van der Waals surface area contributed by atoms with Gasteiger partial charge in [0.15, 0.2) is 11.5 Å². The van der Waals surface area contributed by atoms with E-state index in [-0.39, 0.29) is 23.8 Å². The van der Waals surface area contributed by atoms with E-state index >= 15 is 0 Å². The third-order valence-electron chi connectivity index (χ3n) is 5.73. The number of alkyl halides is 1. The van der Waals surface area contributed by atoms with Crippen molar-refractivity contribution >= 4 is 16.9 Å². The van der Waals surface area contributed by atoms with Gasteiger partial charge in [0.05, 0.1) is 4.90 Å². The van der Waals surface area contributed by atoms with Gasteiger partial charge in [-0.2, -0.15) is 0 Å². The Hall–Kier alpha value is -3.11. The lowest BCUT2D eigenvalue weighted by Gasteiger charge is -2.22. The number of aromatic nitrogens is 2. The number of rotatable bonds is 7. The van der Waals surface area contributed by atoms with Crippen molar-refractivity contribution in [1.82, 2.24) is 19.6 Å².